The number of hydrogen-bond donors (Lipinski definition) is 0. The Morgan fingerprint density at radius 1 is 0.480 bits per heavy atom. The van der Waals surface area contributed by atoms with Crippen LogP contribution in [0.4, 0.5) is 0 Å². The highest BCUT2D eigenvalue weighted by atomic mass is 14.0. The van der Waals surface area contributed by atoms with Crippen LogP contribution in [0.15, 0.2) is 91.0 Å². The summed E-state index contributed by atoms with van der Waals surface area (Å²) < 4.78 is 0. The summed E-state index contributed by atoms with van der Waals surface area (Å²) in [7, 11) is 0. The lowest BCUT2D eigenvalue weighted by molar-refractivity contribution is 0.867. The topological polar surface area (TPSA) is 0 Å². The Labute approximate surface area is 155 Å². The molecule has 0 fully saturated rings. The first-order valence-electron chi connectivity index (χ1n) is 9.18. The van der Waals surface area contributed by atoms with Crippen molar-refractivity contribution in [1.82, 2.24) is 0 Å². The Balaban J connectivity index is 0.000000332. The molecule has 0 heteroatoms. The van der Waals surface area contributed by atoms with Gasteiger partial charge in [-0.1, -0.05) is 130 Å². The third-order valence-corrected chi connectivity index (χ3v) is 3.35. The summed E-state index contributed by atoms with van der Waals surface area (Å²) in [6, 6.07) is 31.0. The van der Waals surface area contributed by atoms with Gasteiger partial charge < -0.3 is 0 Å². The second kappa shape index (κ2) is 15.2. The molecule has 134 valence electrons. The minimum absolute atomic E-state index is 0.659. The first-order valence-corrected chi connectivity index (χ1v) is 9.18. The summed E-state index contributed by atoms with van der Waals surface area (Å²) in [5.74, 6) is 0.659. The average molecular weight is 335 g/mol. The maximum absolute atomic E-state index is 2.20. The maximum Gasteiger partial charge on any atom is -0.0219 e. The van der Waals surface area contributed by atoms with Crippen LogP contribution in [0.5, 0.6) is 0 Å². The second-order valence-electron chi connectivity index (χ2n) is 5.87. The van der Waals surface area contributed by atoms with Crippen LogP contribution in [0.25, 0.3) is 0 Å². The summed E-state index contributed by atoms with van der Waals surface area (Å²) in [5.41, 5.74) is 4.06. The Morgan fingerprint density at radius 2 is 0.760 bits per heavy atom. The highest BCUT2D eigenvalue weighted by Gasteiger charge is 1.93. The van der Waals surface area contributed by atoms with Gasteiger partial charge in [0.1, 0.15) is 0 Å². The molecule has 0 heterocycles. The van der Waals surface area contributed by atoms with E-state index >= 15 is 0 Å². The molecule has 0 aliphatic rings. The fourth-order valence-electron chi connectivity index (χ4n) is 1.91. The standard InChI is InChI=1S/C9H12.2C7H8.C2H6/c1-8(2)9-6-4-3-5-7-9;2*1-7-5-3-2-4-6-7;1-2/h3-8H,1-2H3;2*2-6H,1H3;1-2H3. The fraction of sp³-hybridized carbons (Fsp3) is 0.280. The zero-order valence-corrected chi connectivity index (χ0v) is 16.7. The minimum Gasteiger partial charge on any atom is -0.0683 e. The molecule has 0 radical (unpaired) electrons. The Bertz CT molecular complexity index is 572. The highest BCUT2D eigenvalue weighted by molar-refractivity contribution is 5.17. The molecule has 0 spiro atoms. The Hall–Kier alpha value is -2.34. The fourth-order valence-corrected chi connectivity index (χ4v) is 1.91. The molecule has 3 aromatic rings. The molecular formula is C25H34. The van der Waals surface area contributed by atoms with E-state index in [2.05, 4.69) is 76.2 Å². The van der Waals surface area contributed by atoms with E-state index in [1.807, 2.05) is 56.3 Å². The van der Waals surface area contributed by atoms with Crippen LogP contribution in [0.1, 0.15) is 50.3 Å². The van der Waals surface area contributed by atoms with Gasteiger partial charge in [-0.3, -0.25) is 0 Å². The number of aryl methyl sites for hydroxylation is 2. The van der Waals surface area contributed by atoms with Crippen LogP contribution in [-0.4, -0.2) is 0 Å². The van der Waals surface area contributed by atoms with Crippen molar-refractivity contribution in [3.05, 3.63) is 108 Å². The van der Waals surface area contributed by atoms with Gasteiger partial charge in [-0.05, 0) is 25.3 Å². The van der Waals surface area contributed by atoms with Crippen LogP contribution in [0.2, 0.25) is 0 Å². The van der Waals surface area contributed by atoms with Crippen LogP contribution in [-0.2, 0) is 0 Å². The lowest BCUT2D eigenvalue weighted by Crippen LogP contribution is -1.83. The van der Waals surface area contributed by atoms with E-state index in [0.717, 1.165) is 0 Å². The van der Waals surface area contributed by atoms with E-state index in [1.165, 1.54) is 16.7 Å². The van der Waals surface area contributed by atoms with Gasteiger partial charge in [-0.2, -0.15) is 0 Å². The maximum atomic E-state index is 2.20. The highest BCUT2D eigenvalue weighted by Crippen LogP contribution is 2.11. The molecule has 0 saturated heterocycles. The third-order valence-electron chi connectivity index (χ3n) is 3.35. The van der Waals surface area contributed by atoms with Gasteiger partial charge in [-0.25, -0.2) is 0 Å². The molecule has 3 rings (SSSR count). The SMILES string of the molecule is CC.CC(C)c1ccccc1.Cc1ccccc1.Cc1ccccc1. The van der Waals surface area contributed by atoms with E-state index in [1.54, 1.807) is 0 Å². The van der Waals surface area contributed by atoms with Crippen molar-refractivity contribution < 1.29 is 0 Å². The molecule has 0 bridgehead atoms. The molecule has 25 heavy (non-hydrogen) atoms. The van der Waals surface area contributed by atoms with Crippen molar-refractivity contribution in [2.45, 2.75) is 47.5 Å². The van der Waals surface area contributed by atoms with Crippen LogP contribution in [0.3, 0.4) is 0 Å². The summed E-state index contributed by atoms with van der Waals surface area (Å²) in [5, 5.41) is 0. The number of benzene rings is 3. The van der Waals surface area contributed by atoms with Gasteiger partial charge in [0.25, 0.3) is 0 Å². The van der Waals surface area contributed by atoms with Crippen molar-refractivity contribution >= 4 is 0 Å². The summed E-state index contributed by atoms with van der Waals surface area (Å²) in [6.07, 6.45) is 0. The average Bonchev–Trinajstić information content (AvgIpc) is 2.66. The van der Waals surface area contributed by atoms with Gasteiger partial charge in [-0.15, -0.1) is 0 Å². The van der Waals surface area contributed by atoms with E-state index in [4.69, 9.17) is 0 Å². The number of rotatable bonds is 1. The zero-order chi connectivity index (χ0) is 18.9. The van der Waals surface area contributed by atoms with E-state index in [9.17, 15) is 0 Å². The lowest BCUT2D eigenvalue weighted by Gasteiger charge is -2.01. The molecule has 0 saturated carbocycles. The molecule has 0 unspecified atom stereocenters. The van der Waals surface area contributed by atoms with Crippen molar-refractivity contribution in [3.63, 3.8) is 0 Å². The molecule has 3 aromatic carbocycles. The largest absolute Gasteiger partial charge is 0.0683 e. The van der Waals surface area contributed by atoms with Crippen LogP contribution < -0.4 is 0 Å². The van der Waals surface area contributed by atoms with E-state index in [0.29, 0.717) is 5.92 Å². The summed E-state index contributed by atoms with van der Waals surface area (Å²) in [6.45, 7) is 12.6. The normalized spacial score (nSPS) is 8.76. The lowest BCUT2D eigenvalue weighted by atomic mass is 10.0. The van der Waals surface area contributed by atoms with Crippen LogP contribution in [0, 0.1) is 13.8 Å². The van der Waals surface area contributed by atoms with Gasteiger partial charge in [0.05, 0.1) is 0 Å². The molecular weight excluding hydrogens is 300 g/mol. The molecule has 0 nitrogen and oxygen atoms in total. The summed E-state index contributed by atoms with van der Waals surface area (Å²) in [4.78, 5) is 0. The Morgan fingerprint density at radius 3 is 0.920 bits per heavy atom. The van der Waals surface area contributed by atoms with E-state index in [-0.39, 0.29) is 0 Å². The molecule has 0 aliphatic carbocycles. The van der Waals surface area contributed by atoms with Gasteiger partial charge >= 0.3 is 0 Å². The van der Waals surface area contributed by atoms with Crippen LogP contribution >= 0.6 is 0 Å². The smallest absolute Gasteiger partial charge is 0.0219 e. The van der Waals surface area contributed by atoms with Crippen molar-refractivity contribution in [2.24, 2.45) is 0 Å². The predicted molar refractivity (Wildman–Crippen MR) is 114 cm³/mol. The third kappa shape index (κ3) is 12.7. The second-order valence-corrected chi connectivity index (χ2v) is 5.87. The van der Waals surface area contributed by atoms with E-state index < -0.39 is 0 Å². The predicted octanol–water partition coefficient (Wildman–Crippen LogP) is 7.83. The van der Waals surface area contributed by atoms with Gasteiger partial charge in [0.2, 0.25) is 0 Å². The Kier molecular flexibility index (Phi) is 13.8. The first kappa shape index (κ1) is 22.7. The number of hydrogen-bond acceptors (Lipinski definition) is 0. The first-order chi connectivity index (χ1) is 12.1. The molecule has 0 amide bonds. The zero-order valence-electron chi connectivity index (χ0n) is 16.7. The molecule has 0 aromatic heterocycles. The quantitative estimate of drug-likeness (QED) is 0.425. The summed E-state index contributed by atoms with van der Waals surface area (Å²) >= 11 is 0. The van der Waals surface area contributed by atoms with Gasteiger partial charge in [0, 0.05) is 0 Å². The monoisotopic (exact) mass is 334 g/mol. The van der Waals surface area contributed by atoms with Gasteiger partial charge in [0.15, 0.2) is 0 Å². The molecule has 0 aliphatic heterocycles. The molecule has 0 atom stereocenters. The van der Waals surface area contributed by atoms with Crippen molar-refractivity contribution in [1.29, 1.82) is 0 Å². The van der Waals surface area contributed by atoms with Crippen molar-refractivity contribution in [2.75, 3.05) is 0 Å². The molecule has 0 N–H and O–H groups in total. The minimum atomic E-state index is 0.659. The van der Waals surface area contributed by atoms with Crippen molar-refractivity contribution in [3.8, 4) is 0 Å².